The molecule has 1 fully saturated rings. The monoisotopic (exact) mass is 361 g/mol. The molecule has 1 aliphatic rings. The van der Waals surface area contributed by atoms with E-state index < -0.39 is 15.6 Å². The van der Waals surface area contributed by atoms with Gasteiger partial charge in [0.2, 0.25) is 15.9 Å². The van der Waals surface area contributed by atoms with Gasteiger partial charge in [0.05, 0.1) is 17.5 Å². The summed E-state index contributed by atoms with van der Waals surface area (Å²) in [6.45, 7) is 1.80. The van der Waals surface area contributed by atoms with E-state index in [4.69, 9.17) is 5.73 Å². The zero-order valence-corrected chi connectivity index (χ0v) is 15.0. The number of benzene rings is 1. The van der Waals surface area contributed by atoms with E-state index in [2.05, 4.69) is 10.0 Å². The predicted molar refractivity (Wildman–Crippen MR) is 95.5 cm³/mol. The number of carbonyl (C=O) groups excluding carboxylic acids is 1. The lowest BCUT2D eigenvalue weighted by Gasteiger charge is -2.31. The summed E-state index contributed by atoms with van der Waals surface area (Å²) in [7, 11) is -3.36. The molecule has 1 saturated carbocycles. The maximum Gasteiger partial charge on any atom is 0.244 e. The Morgan fingerprint density at radius 1 is 1.22 bits per heavy atom. The molecule has 1 aromatic rings. The third kappa shape index (κ3) is 5.37. The third-order valence-electron chi connectivity index (χ3n) is 3.99. The summed E-state index contributed by atoms with van der Waals surface area (Å²) in [4.78, 5) is 12.4. The lowest BCUT2D eigenvalue weighted by Crippen LogP contribution is -2.52. The molecule has 8 heteroatoms. The molecule has 2 rings (SSSR count). The standard InChI is InChI=1S/C15H23N3O3S.ClH/c1-11-6-7-12(10-13(11)18-22(2,20)21)17-14(19)15(16)8-4-3-5-9-15;/h6-7,10,18H,3-5,8-9,16H2,1-2H3,(H,17,19);1H. The number of aryl methyl sites for hydroxylation is 1. The summed E-state index contributed by atoms with van der Waals surface area (Å²) < 4.78 is 25.2. The van der Waals surface area contributed by atoms with Crippen molar-refractivity contribution in [3.8, 4) is 0 Å². The van der Waals surface area contributed by atoms with Gasteiger partial charge in [0, 0.05) is 5.69 Å². The minimum absolute atomic E-state index is 0. The Kier molecular flexibility index (Phi) is 6.44. The number of rotatable bonds is 4. The fourth-order valence-electron chi connectivity index (χ4n) is 2.67. The van der Waals surface area contributed by atoms with Crippen LogP contribution in [-0.4, -0.2) is 26.1 Å². The highest BCUT2D eigenvalue weighted by atomic mass is 35.5. The molecule has 0 aliphatic heterocycles. The van der Waals surface area contributed by atoms with Crippen molar-refractivity contribution in [2.75, 3.05) is 16.3 Å². The Labute approximate surface area is 143 Å². The summed E-state index contributed by atoms with van der Waals surface area (Å²) in [6, 6.07) is 5.11. The lowest BCUT2D eigenvalue weighted by molar-refractivity contribution is -0.122. The second kappa shape index (κ2) is 7.51. The Morgan fingerprint density at radius 2 is 1.83 bits per heavy atom. The predicted octanol–water partition coefficient (Wildman–Crippen LogP) is 2.39. The largest absolute Gasteiger partial charge is 0.324 e. The highest BCUT2D eigenvalue weighted by molar-refractivity contribution is 7.92. The molecule has 1 aromatic carbocycles. The molecule has 0 saturated heterocycles. The highest BCUT2D eigenvalue weighted by Gasteiger charge is 2.35. The van der Waals surface area contributed by atoms with Crippen LogP contribution in [0.15, 0.2) is 18.2 Å². The summed E-state index contributed by atoms with van der Waals surface area (Å²) in [5, 5.41) is 2.81. The fourth-order valence-corrected chi connectivity index (χ4v) is 3.29. The Balaban J connectivity index is 0.00000264. The molecular weight excluding hydrogens is 338 g/mol. The van der Waals surface area contributed by atoms with Crippen LogP contribution < -0.4 is 15.8 Å². The van der Waals surface area contributed by atoms with Gasteiger partial charge in [-0.15, -0.1) is 12.4 Å². The molecule has 0 radical (unpaired) electrons. The van der Waals surface area contributed by atoms with Crippen LogP contribution in [0.1, 0.15) is 37.7 Å². The molecule has 130 valence electrons. The highest BCUT2D eigenvalue weighted by Crippen LogP contribution is 2.28. The molecule has 0 bridgehead atoms. The number of halogens is 1. The molecule has 4 N–H and O–H groups in total. The molecule has 0 atom stereocenters. The molecular formula is C15H24ClN3O3S. The van der Waals surface area contributed by atoms with Crippen molar-refractivity contribution in [3.05, 3.63) is 23.8 Å². The normalized spacial score (nSPS) is 17.0. The third-order valence-corrected chi connectivity index (χ3v) is 4.58. The van der Waals surface area contributed by atoms with E-state index in [1.807, 2.05) is 0 Å². The van der Waals surface area contributed by atoms with Gasteiger partial charge >= 0.3 is 0 Å². The molecule has 0 aromatic heterocycles. The summed E-state index contributed by atoms with van der Waals surface area (Å²) >= 11 is 0. The van der Waals surface area contributed by atoms with E-state index in [9.17, 15) is 13.2 Å². The Hall–Kier alpha value is -1.31. The first-order chi connectivity index (χ1) is 10.2. The van der Waals surface area contributed by atoms with Crippen molar-refractivity contribution < 1.29 is 13.2 Å². The van der Waals surface area contributed by atoms with E-state index in [1.54, 1.807) is 25.1 Å². The van der Waals surface area contributed by atoms with Crippen molar-refractivity contribution >= 4 is 39.7 Å². The lowest BCUT2D eigenvalue weighted by atomic mass is 9.82. The first kappa shape index (κ1) is 19.7. The smallest absolute Gasteiger partial charge is 0.244 e. The summed E-state index contributed by atoms with van der Waals surface area (Å²) in [6.07, 6.45) is 5.48. The maximum absolute atomic E-state index is 12.4. The van der Waals surface area contributed by atoms with Crippen LogP contribution in [0.3, 0.4) is 0 Å². The van der Waals surface area contributed by atoms with Crippen molar-refractivity contribution in [2.24, 2.45) is 5.73 Å². The van der Waals surface area contributed by atoms with Crippen LogP contribution in [0.2, 0.25) is 0 Å². The number of nitrogens with one attached hydrogen (secondary N) is 2. The zero-order valence-electron chi connectivity index (χ0n) is 13.4. The topological polar surface area (TPSA) is 101 Å². The van der Waals surface area contributed by atoms with Crippen molar-refractivity contribution in [1.29, 1.82) is 0 Å². The first-order valence-electron chi connectivity index (χ1n) is 7.38. The number of anilines is 2. The molecule has 23 heavy (non-hydrogen) atoms. The van der Waals surface area contributed by atoms with Gasteiger partial charge in [-0.2, -0.15) is 0 Å². The number of amides is 1. The van der Waals surface area contributed by atoms with Gasteiger partial charge in [-0.25, -0.2) is 8.42 Å². The van der Waals surface area contributed by atoms with Gasteiger partial charge in [0.15, 0.2) is 0 Å². The second-order valence-corrected chi connectivity index (χ2v) is 7.82. The SMILES string of the molecule is Cc1ccc(NC(=O)C2(N)CCCCC2)cc1NS(C)(=O)=O.Cl. The quantitative estimate of drug-likeness (QED) is 0.766. The summed E-state index contributed by atoms with van der Waals surface area (Å²) in [5.41, 5.74) is 7.14. The average molecular weight is 362 g/mol. The zero-order chi connectivity index (χ0) is 16.4. The van der Waals surface area contributed by atoms with Crippen LogP contribution in [0.4, 0.5) is 11.4 Å². The van der Waals surface area contributed by atoms with E-state index in [0.29, 0.717) is 24.2 Å². The fraction of sp³-hybridized carbons (Fsp3) is 0.533. The average Bonchev–Trinajstić information content (AvgIpc) is 2.42. The Morgan fingerprint density at radius 3 is 2.39 bits per heavy atom. The van der Waals surface area contributed by atoms with E-state index in [-0.39, 0.29) is 18.3 Å². The van der Waals surface area contributed by atoms with Crippen LogP contribution in [0.25, 0.3) is 0 Å². The minimum atomic E-state index is -3.36. The molecule has 0 unspecified atom stereocenters. The van der Waals surface area contributed by atoms with E-state index >= 15 is 0 Å². The first-order valence-corrected chi connectivity index (χ1v) is 9.28. The van der Waals surface area contributed by atoms with Crippen LogP contribution in [0.5, 0.6) is 0 Å². The maximum atomic E-state index is 12.4. The van der Waals surface area contributed by atoms with Gasteiger partial charge in [-0.05, 0) is 37.5 Å². The minimum Gasteiger partial charge on any atom is -0.324 e. The van der Waals surface area contributed by atoms with Crippen LogP contribution in [0, 0.1) is 6.92 Å². The number of nitrogens with two attached hydrogens (primary N) is 1. The molecule has 0 spiro atoms. The summed E-state index contributed by atoms with van der Waals surface area (Å²) in [5.74, 6) is -0.207. The van der Waals surface area contributed by atoms with Gasteiger partial charge in [0.1, 0.15) is 0 Å². The number of sulfonamides is 1. The number of carbonyl (C=O) groups is 1. The Bertz CT molecular complexity index is 671. The second-order valence-electron chi connectivity index (χ2n) is 6.07. The van der Waals surface area contributed by atoms with Crippen LogP contribution in [-0.2, 0) is 14.8 Å². The molecule has 0 heterocycles. The molecule has 1 aliphatic carbocycles. The number of hydrogen-bond acceptors (Lipinski definition) is 4. The van der Waals surface area contributed by atoms with Gasteiger partial charge in [-0.1, -0.05) is 25.3 Å². The van der Waals surface area contributed by atoms with Crippen molar-refractivity contribution in [1.82, 2.24) is 0 Å². The van der Waals surface area contributed by atoms with Crippen molar-refractivity contribution in [3.63, 3.8) is 0 Å². The van der Waals surface area contributed by atoms with E-state index in [0.717, 1.165) is 31.1 Å². The number of hydrogen-bond donors (Lipinski definition) is 3. The molecule has 6 nitrogen and oxygen atoms in total. The molecule has 1 amide bonds. The van der Waals surface area contributed by atoms with Crippen molar-refractivity contribution in [2.45, 2.75) is 44.6 Å². The van der Waals surface area contributed by atoms with Gasteiger partial charge in [-0.3, -0.25) is 9.52 Å². The van der Waals surface area contributed by atoms with E-state index in [1.165, 1.54) is 0 Å². The van der Waals surface area contributed by atoms with Gasteiger partial charge in [0.25, 0.3) is 0 Å². The van der Waals surface area contributed by atoms with Crippen LogP contribution >= 0.6 is 12.4 Å². The van der Waals surface area contributed by atoms with Gasteiger partial charge < -0.3 is 11.1 Å².